The first kappa shape index (κ1) is 34.4. The third kappa shape index (κ3) is 6.74. The number of hydrogen-bond donors (Lipinski definition) is 2. The lowest BCUT2D eigenvalue weighted by Crippen LogP contribution is -2.52. The Labute approximate surface area is 315 Å². The van der Waals surface area contributed by atoms with Crippen LogP contribution >= 0.6 is 22.9 Å². The molecular weight excluding hydrogens is 708 g/mol. The summed E-state index contributed by atoms with van der Waals surface area (Å²) in [5.41, 5.74) is 8.19. The monoisotopic (exact) mass is 742 g/mol. The predicted molar refractivity (Wildman–Crippen MR) is 204 cm³/mol. The summed E-state index contributed by atoms with van der Waals surface area (Å²) < 4.78 is 2.08. The molecule has 3 aromatic heterocycles. The average Bonchev–Trinajstić information content (AvgIpc) is 3.76. The van der Waals surface area contributed by atoms with E-state index in [2.05, 4.69) is 55.2 Å². The second-order valence-electron chi connectivity index (χ2n) is 13.3. The van der Waals surface area contributed by atoms with Gasteiger partial charge in [0.2, 0.25) is 11.8 Å². The molecule has 0 radical (unpaired) electrons. The van der Waals surface area contributed by atoms with Gasteiger partial charge in [-0.3, -0.25) is 29.3 Å². The fourth-order valence-electron chi connectivity index (χ4n) is 7.09. The Hall–Kier alpha value is -5.64. The molecule has 2 aromatic carbocycles. The fourth-order valence-corrected chi connectivity index (χ4v) is 8.45. The summed E-state index contributed by atoms with van der Waals surface area (Å²) in [6, 6.07) is 16.8. The Bertz CT molecular complexity index is 2370. The van der Waals surface area contributed by atoms with E-state index in [1.165, 1.54) is 0 Å². The van der Waals surface area contributed by atoms with Gasteiger partial charge >= 0.3 is 0 Å². The van der Waals surface area contributed by atoms with Crippen molar-refractivity contribution in [3.63, 3.8) is 0 Å². The fraction of sp³-hybridized carbons (Fsp3) is 0.275. The molecule has 266 valence electrons. The molecule has 53 heavy (non-hydrogen) atoms. The van der Waals surface area contributed by atoms with Gasteiger partial charge in [0.05, 0.1) is 10.6 Å². The van der Waals surface area contributed by atoms with Crippen molar-refractivity contribution in [2.75, 3.05) is 11.9 Å². The van der Waals surface area contributed by atoms with Crippen LogP contribution in [0.15, 0.2) is 65.8 Å². The number of piperidine rings is 1. The SMILES string of the molecule is Cc1c(C#Cc2ccc(CCCCNc3cccc4c3CN(C3CCC(=O)NC3=O)C4=O)cn2)sc2c1C(c1ccc(Cl)cc1)=NCc1nnc(C)n1-2. The minimum Gasteiger partial charge on any atom is -0.385 e. The van der Waals surface area contributed by atoms with Crippen molar-refractivity contribution >= 4 is 52.1 Å². The van der Waals surface area contributed by atoms with Gasteiger partial charge < -0.3 is 10.2 Å². The van der Waals surface area contributed by atoms with Gasteiger partial charge in [-0.25, -0.2) is 4.98 Å². The molecule has 1 fully saturated rings. The Balaban J connectivity index is 0.895. The van der Waals surface area contributed by atoms with Crippen LogP contribution in [-0.4, -0.2) is 60.7 Å². The van der Waals surface area contributed by atoms with Crippen molar-refractivity contribution in [2.45, 2.75) is 65.1 Å². The molecule has 2 N–H and O–H groups in total. The van der Waals surface area contributed by atoms with Gasteiger partial charge in [-0.15, -0.1) is 21.5 Å². The van der Waals surface area contributed by atoms with Crippen LogP contribution in [0.1, 0.15) is 86.1 Å². The zero-order chi connectivity index (χ0) is 36.6. The number of imide groups is 1. The molecule has 0 saturated carbocycles. The zero-order valence-corrected chi connectivity index (χ0v) is 30.8. The van der Waals surface area contributed by atoms with Crippen LogP contribution in [0.2, 0.25) is 5.02 Å². The van der Waals surface area contributed by atoms with E-state index in [1.807, 2.05) is 55.6 Å². The number of pyridine rings is 1. The lowest BCUT2D eigenvalue weighted by atomic mass is 10.00. The topological polar surface area (TPSA) is 134 Å². The van der Waals surface area contributed by atoms with E-state index in [9.17, 15) is 14.4 Å². The molecule has 0 spiro atoms. The maximum atomic E-state index is 13.1. The number of nitrogens with zero attached hydrogens (tertiary/aromatic N) is 6. The second kappa shape index (κ2) is 14.4. The van der Waals surface area contributed by atoms with Crippen LogP contribution in [-0.2, 0) is 29.1 Å². The molecule has 3 amide bonds. The summed E-state index contributed by atoms with van der Waals surface area (Å²) in [5, 5.41) is 16.2. The van der Waals surface area contributed by atoms with Crippen molar-refractivity contribution in [1.82, 2.24) is 30.0 Å². The van der Waals surface area contributed by atoms with E-state index in [0.717, 1.165) is 86.6 Å². The highest BCUT2D eigenvalue weighted by molar-refractivity contribution is 7.15. The molecule has 1 unspecified atom stereocenters. The molecular formula is C40H35ClN8O3S. The number of nitrogens with one attached hydrogen (secondary N) is 2. The second-order valence-corrected chi connectivity index (χ2v) is 14.8. The molecule has 0 bridgehead atoms. The van der Waals surface area contributed by atoms with E-state index >= 15 is 0 Å². The van der Waals surface area contributed by atoms with Crippen molar-refractivity contribution in [3.8, 4) is 16.8 Å². The number of halogens is 1. The number of aromatic nitrogens is 4. The van der Waals surface area contributed by atoms with Gasteiger partial charge in [0.15, 0.2) is 5.82 Å². The van der Waals surface area contributed by atoms with E-state index in [0.29, 0.717) is 35.8 Å². The highest BCUT2D eigenvalue weighted by Crippen LogP contribution is 2.37. The molecule has 13 heteroatoms. The molecule has 8 rings (SSSR count). The molecule has 3 aliphatic heterocycles. The Morgan fingerprint density at radius 1 is 1.02 bits per heavy atom. The largest absolute Gasteiger partial charge is 0.385 e. The summed E-state index contributed by atoms with van der Waals surface area (Å²) in [4.78, 5) is 49.3. The van der Waals surface area contributed by atoms with E-state index in [4.69, 9.17) is 16.6 Å². The maximum Gasteiger partial charge on any atom is 0.255 e. The van der Waals surface area contributed by atoms with Crippen LogP contribution in [0.3, 0.4) is 0 Å². The highest BCUT2D eigenvalue weighted by Gasteiger charge is 2.39. The van der Waals surface area contributed by atoms with Crippen LogP contribution in [0.4, 0.5) is 5.69 Å². The van der Waals surface area contributed by atoms with Crippen LogP contribution in [0, 0.1) is 25.7 Å². The third-order valence-electron chi connectivity index (χ3n) is 9.87. The average molecular weight is 743 g/mol. The number of aryl methyl sites for hydroxylation is 2. The predicted octanol–water partition coefficient (Wildman–Crippen LogP) is 5.94. The standard InChI is InChI=1S/C40H35ClN8O3S/c1-23-33(53-40-36(23)37(26-10-12-27(41)13-11-26)44-21-34-47-46-24(2)49(34)40)17-15-28-14-9-25(20-43-28)6-3-4-19-42-31-8-5-7-29-30(31)22-48(39(29)52)32-16-18-35(50)45-38(32)51/h5,7-14,20,32,42H,3-4,6,16,18-19,21-22H2,1-2H3,(H,45,50,51). The Morgan fingerprint density at radius 3 is 2.66 bits per heavy atom. The number of thiophene rings is 1. The van der Waals surface area contributed by atoms with E-state index in [-0.39, 0.29) is 18.2 Å². The zero-order valence-electron chi connectivity index (χ0n) is 29.2. The molecule has 6 heterocycles. The minimum atomic E-state index is -0.626. The number of fused-ring (bicyclic) bond motifs is 4. The van der Waals surface area contributed by atoms with Gasteiger partial charge in [0, 0.05) is 58.7 Å². The van der Waals surface area contributed by atoms with Gasteiger partial charge in [-0.2, -0.15) is 0 Å². The number of rotatable bonds is 8. The normalized spacial score (nSPS) is 16.2. The number of carbonyl (C=O) groups excluding carboxylic acids is 3. The quantitative estimate of drug-likeness (QED) is 0.114. The van der Waals surface area contributed by atoms with Crippen LogP contribution in [0.25, 0.3) is 5.00 Å². The number of carbonyl (C=O) groups is 3. The number of anilines is 1. The smallest absolute Gasteiger partial charge is 0.255 e. The van der Waals surface area contributed by atoms with E-state index in [1.54, 1.807) is 22.3 Å². The lowest BCUT2D eigenvalue weighted by Gasteiger charge is -2.29. The number of amides is 3. The van der Waals surface area contributed by atoms with Crippen molar-refractivity contribution in [2.24, 2.45) is 4.99 Å². The number of aliphatic imine (C=N–C) groups is 1. The number of benzene rings is 2. The summed E-state index contributed by atoms with van der Waals surface area (Å²) in [7, 11) is 0. The van der Waals surface area contributed by atoms with Crippen LogP contribution < -0.4 is 10.6 Å². The van der Waals surface area contributed by atoms with Gasteiger partial charge in [0.25, 0.3) is 5.91 Å². The number of hydrogen-bond acceptors (Lipinski definition) is 9. The summed E-state index contributed by atoms with van der Waals surface area (Å²) >= 11 is 7.81. The summed E-state index contributed by atoms with van der Waals surface area (Å²) in [6.07, 6.45) is 5.23. The third-order valence-corrected chi connectivity index (χ3v) is 11.3. The van der Waals surface area contributed by atoms with Gasteiger partial charge in [-0.1, -0.05) is 35.9 Å². The Morgan fingerprint density at radius 2 is 1.87 bits per heavy atom. The van der Waals surface area contributed by atoms with Crippen LogP contribution in [0.5, 0.6) is 0 Å². The first-order valence-electron chi connectivity index (χ1n) is 17.6. The van der Waals surface area contributed by atoms with Gasteiger partial charge in [-0.05, 0) is 92.8 Å². The first-order valence-corrected chi connectivity index (χ1v) is 18.8. The van der Waals surface area contributed by atoms with Crippen molar-refractivity contribution < 1.29 is 14.4 Å². The molecule has 3 aliphatic rings. The lowest BCUT2D eigenvalue weighted by molar-refractivity contribution is -0.136. The molecule has 1 saturated heterocycles. The van der Waals surface area contributed by atoms with Gasteiger partial charge in [0.1, 0.15) is 29.1 Å². The first-order chi connectivity index (χ1) is 25.7. The molecule has 0 aliphatic carbocycles. The van der Waals surface area contributed by atoms with Crippen molar-refractivity contribution in [1.29, 1.82) is 0 Å². The molecule has 11 nitrogen and oxygen atoms in total. The summed E-state index contributed by atoms with van der Waals surface area (Å²) in [6.45, 7) is 5.55. The molecule has 5 aromatic rings. The molecule has 1 atom stereocenters. The maximum absolute atomic E-state index is 13.1. The summed E-state index contributed by atoms with van der Waals surface area (Å²) in [5.74, 6) is 7.39. The van der Waals surface area contributed by atoms with Crippen molar-refractivity contribution in [3.05, 3.63) is 121 Å². The minimum absolute atomic E-state index is 0.169. The van der Waals surface area contributed by atoms with E-state index < -0.39 is 11.9 Å². The number of unbranched alkanes of at least 4 members (excludes halogenated alkanes) is 1. The Kier molecular flexibility index (Phi) is 9.37. The highest BCUT2D eigenvalue weighted by atomic mass is 35.5.